The zero-order valence-electron chi connectivity index (χ0n) is 15.5. The fourth-order valence-electron chi connectivity index (χ4n) is 4.08. The molecule has 1 unspecified atom stereocenters. The number of likely N-dealkylation sites (N-methyl/N-ethyl adjacent to an activating group) is 1. The number of aryl methyl sites for hydroxylation is 1. The molecule has 1 saturated heterocycles. The van der Waals surface area contributed by atoms with Crippen LogP contribution in [0.25, 0.3) is 0 Å². The van der Waals surface area contributed by atoms with E-state index in [1.807, 2.05) is 34.0 Å². The molecule has 2 aromatic heterocycles. The van der Waals surface area contributed by atoms with E-state index < -0.39 is 11.7 Å². The third kappa shape index (κ3) is 3.37. The Kier molecular flexibility index (Phi) is 4.73. The number of fused-ring (bicyclic) bond motifs is 2. The molecule has 2 aromatic rings. The fourth-order valence-corrected chi connectivity index (χ4v) is 4.08. The van der Waals surface area contributed by atoms with E-state index in [4.69, 9.17) is 4.74 Å². The molecule has 1 atom stereocenters. The maximum atomic E-state index is 12.6. The van der Waals surface area contributed by atoms with Crippen molar-refractivity contribution < 1.29 is 14.3 Å². The van der Waals surface area contributed by atoms with Crippen molar-refractivity contribution in [3.63, 3.8) is 0 Å². The molecule has 2 amide bonds. The number of imidazole rings is 1. The number of carbonyl (C=O) groups excluding carboxylic acids is 2. The molecule has 27 heavy (non-hydrogen) atoms. The maximum Gasteiger partial charge on any atom is 0.250 e. The summed E-state index contributed by atoms with van der Waals surface area (Å²) in [4.78, 5) is 34.2. The molecular formula is C19H25N5O3. The summed E-state index contributed by atoms with van der Waals surface area (Å²) in [6, 6.07) is 3.93. The molecule has 2 N–H and O–H groups in total. The molecule has 0 radical (unpaired) electrons. The highest BCUT2D eigenvalue weighted by molar-refractivity contribution is 5.80. The normalized spacial score (nSPS) is 21.1. The van der Waals surface area contributed by atoms with Crippen LogP contribution in [0.1, 0.15) is 30.8 Å². The molecule has 2 aliphatic heterocycles. The molecule has 0 aromatic carbocycles. The highest BCUT2D eigenvalue weighted by Crippen LogP contribution is 2.40. The summed E-state index contributed by atoms with van der Waals surface area (Å²) < 4.78 is 8.27. The third-order valence-electron chi connectivity index (χ3n) is 5.59. The zero-order valence-corrected chi connectivity index (χ0v) is 15.5. The quantitative estimate of drug-likeness (QED) is 0.832. The number of amides is 2. The minimum absolute atomic E-state index is 0.127. The largest absolute Gasteiger partial charge is 0.365 e. The molecular weight excluding hydrogens is 346 g/mol. The second kappa shape index (κ2) is 7.19. The van der Waals surface area contributed by atoms with Gasteiger partial charge in [-0.15, -0.1) is 0 Å². The molecule has 1 fully saturated rings. The highest BCUT2D eigenvalue weighted by atomic mass is 16.5. The first-order chi connectivity index (χ1) is 13.1. The van der Waals surface area contributed by atoms with E-state index in [1.54, 1.807) is 13.2 Å². The standard InChI is InChI=1S/C19H25N5O3/c1-20-17(26)15-13-24-12-9-22-18(24)19(27-15)6-10-23(11-7-19)16(25)5-4-14-3-2-8-21-14/h2-3,8-9,12,15,21H,4-7,10-11,13H2,1H3,(H,20,26). The van der Waals surface area contributed by atoms with Crippen molar-refractivity contribution in [3.05, 3.63) is 42.2 Å². The average Bonchev–Trinajstić information content (AvgIpc) is 3.38. The van der Waals surface area contributed by atoms with E-state index >= 15 is 0 Å². The molecule has 4 heterocycles. The summed E-state index contributed by atoms with van der Waals surface area (Å²) in [5.74, 6) is 0.890. The van der Waals surface area contributed by atoms with Crippen LogP contribution in [0.5, 0.6) is 0 Å². The number of nitrogens with one attached hydrogen (secondary N) is 2. The van der Waals surface area contributed by atoms with Gasteiger partial charge < -0.3 is 24.5 Å². The Morgan fingerprint density at radius 1 is 1.41 bits per heavy atom. The van der Waals surface area contributed by atoms with Gasteiger partial charge in [0.2, 0.25) is 5.91 Å². The third-order valence-corrected chi connectivity index (χ3v) is 5.59. The summed E-state index contributed by atoms with van der Waals surface area (Å²) in [6.45, 7) is 1.68. The van der Waals surface area contributed by atoms with Gasteiger partial charge >= 0.3 is 0 Å². The highest BCUT2D eigenvalue weighted by Gasteiger charge is 2.47. The van der Waals surface area contributed by atoms with Crippen molar-refractivity contribution in [1.82, 2.24) is 24.8 Å². The molecule has 8 nitrogen and oxygen atoms in total. The van der Waals surface area contributed by atoms with Crippen LogP contribution in [0.2, 0.25) is 0 Å². The Hall–Kier alpha value is -2.61. The number of nitrogens with zero attached hydrogens (tertiary/aromatic N) is 3. The number of aromatic amines is 1. The van der Waals surface area contributed by atoms with Crippen molar-refractivity contribution in [2.45, 2.75) is 43.9 Å². The topological polar surface area (TPSA) is 92.3 Å². The van der Waals surface area contributed by atoms with Crippen molar-refractivity contribution in [1.29, 1.82) is 0 Å². The summed E-state index contributed by atoms with van der Waals surface area (Å²) in [5.41, 5.74) is 0.470. The number of aromatic nitrogens is 3. The summed E-state index contributed by atoms with van der Waals surface area (Å²) >= 11 is 0. The Balaban J connectivity index is 1.42. The fraction of sp³-hybridized carbons (Fsp3) is 0.526. The van der Waals surface area contributed by atoms with Crippen molar-refractivity contribution in [2.75, 3.05) is 20.1 Å². The molecule has 2 aliphatic rings. The second-order valence-corrected chi connectivity index (χ2v) is 7.19. The van der Waals surface area contributed by atoms with Gasteiger partial charge in [-0.25, -0.2) is 4.98 Å². The van der Waals surface area contributed by atoms with Gasteiger partial charge in [0, 0.05) is 63.7 Å². The molecule has 4 rings (SSSR count). The van der Waals surface area contributed by atoms with Crippen LogP contribution in [0, 0.1) is 0 Å². The van der Waals surface area contributed by atoms with Crippen LogP contribution in [0.15, 0.2) is 30.7 Å². The number of carbonyl (C=O) groups is 2. The Labute approximate surface area is 157 Å². The molecule has 8 heteroatoms. The first-order valence-electron chi connectivity index (χ1n) is 9.42. The predicted octanol–water partition coefficient (Wildman–Crippen LogP) is 0.806. The minimum Gasteiger partial charge on any atom is -0.365 e. The summed E-state index contributed by atoms with van der Waals surface area (Å²) in [5, 5.41) is 2.67. The second-order valence-electron chi connectivity index (χ2n) is 7.19. The molecule has 1 spiro atoms. The zero-order chi connectivity index (χ0) is 18.9. The average molecular weight is 371 g/mol. The molecule has 0 bridgehead atoms. The first kappa shape index (κ1) is 17.8. The Morgan fingerprint density at radius 3 is 2.93 bits per heavy atom. The maximum absolute atomic E-state index is 12.6. The van der Waals surface area contributed by atoms with E-state index in [2.05, 4.69) is 15.3 Å². The van der Waals surface area contributed by atoms with Gasteiger partial charge in [-0.1, -0.05) is 0 Å². The van der Waals surface area contributed by atoms with Crippen LogP contribution in [0.3, 0.4) is 0 Å². The SMILES string of the molecule is CNC(=O)C1Cn2ccnc2C2(CCN(C(=O)CCc3ccc[nH]3)CC2)O1. The lowest BCUT2D eigenvalue weighted by Gasteiger charge is -2.45. The van der Waals surface area contributed by atoms with Crippen molar-refractivity contribution in [3.8, 4) is 0 Å². The number of likely N-dealkylation sites (tertiary alicyclic amines) is 1. The molecule has 144 valence electrons. The number of piperidine rings is 1. The summed E-state index contributed by atoms with van der Waals surface area (Å²) in [7, 11) is 1.62. The smallest absolute Gasteiger partial charge is 0.250 e. The lowest BCUT2D eigenvalue weighted by molar-refractivity contribution is -0.175. The van der Waals surface area contributed by atoms with Gasteiger partial charge in [0.05, 0.1) is 6.54 Å². The molecule has 0 saturated carbocycles. The van der Waals surface area contributed by atoms with E-state index in [-0.39, 0.29) is 11.8 Å². The van der Waals surface area contributed by atoms with Crippen LogP contribution in [-0.4, -0.2) is 57.5 Å². The Morgan fingerprint density at radius 2 is 2.22 bits per heavy atom. The van der Waals surface area contributed by atoms with Crippen molar-refractivity contribution >= 4 is 11.8 Å². The first-order valence-corrected chi connectivity index (χ1v) is 9.42. The van der Waals surface area contributed by atoms with Gasteiger partial charge in [0.25, 0.3) is 5.91 Å². The van der Waals surface area contributed by atoms with Crippen LogP contribution in [0.4, 0.5) is 0 Å². The van der Waals surface area contributed by atoms with E-state index in [0.717, 1.165) is 11.5 Å². The van der Waals surface area contributed by atoms with Gasteiger partial charge in [-0.05, 0) is 18.6 Å². The van der Waals surface area contributed by atoms with E-state index in [1.165, 1.54) is 0 Å². The van der Waals surface area contributed by atoms with E-state index in [0.29, 0.717) is 45.3 Å². The van der Waals surface area contributed by atoms with E-state index in [9.17, 15) is 9.59 Å². The number of hydrogen-bond donors (Lipinski definition) is 2. The van der Waals surface area contributed by atoms with Gasteiger partial charge in [0.1, 0.15) is 11.4 Å². The predicted molar refractivity (Wildman–Crippen MR) is 97.8 cm³/mol. The monoisotopic (exact) mass is 371 g/mol. The van der Waals surface area contributed by atoms with Gasteiger partial charge in [0.15, 0.2) is 6.10 Å². The minimum atomic E-state index is -0.602. The number of H-pyrrole nitrogens is 1. The summed E-state index contributed by atoms with van der Waals surface area (Å²) in [6.07, 6.45) is 7.47. The number of rotatable bonds is 4. The number of hydrogen-bond acceptors (Lipinski definition) is 4. The number of ether oxygens (including phenoxy) is 1. The van der Waals surface area contributed by atoms with Crippen molar-refractivity contribution in [2.24, 2.45) is 0 Å². The van der Waals surface area contributed by atoms with Gasteiger partial charge in [-0.2, -0.15) is 0 Å². The lowest BCUT2D eigenvalue weighted by atomic mass is 9.88. The van der Waals surface area contributed by atoms with Crippen LogP contribution in [-0.2, 0) is 32.9 Å². The lowest BCUT2D eigenvalue weighted by Crippen LogP contribution is -2.54. The Bertz CT molecular complexity index is 805. The molecule has 0 aliphatic carbocycles. The van der Waals surface area contributed by atoms with Gasteiger partial charge in [-0.3, -0.25) is 9.59 Å². The van der Waals surface area contributed by atoms with Crippen LogP contribution < -0.4 is 5.32 Å². The van der Waals surface area contributed by atoms with Crippen LogP contribution >= 0.6 is 0 Å².